The monoisotopic (exact) mass is 248 g/mol. The van der Waals surface area contributed by atoms with Gasteiger partial charge in [0.15, 0.2) is 0 Å². The lowest BCUT2D eigenvalue weighted by molar-refractivity contribution is -0.384. The Balaban J connectivity index is 2.12. The van der Waals surface area contributed by atoms with Crippen LogP contribution in [0.4, 0.5) is 11.5 Å². The van der Waals surface area contributed by atoms with Gasteiger partial charge in [-0.2, -0.15) is 5.26 Å². The summed E-state index contributed by atoms with van der Waals surface area (Å²) in [6.45, 7) is 0.514. The molecule has 0 unspecified atom stereocenters. The fourth-order valence-corrected chi connectivity index (χ4v) is 1.97. The van der Waals surface area contributed by atoms with Crippen LogP contribution in [-0.2, 0) is 0 Å². The molecule has 1 saturated carbocycles. The van der Waals surface area contributed by atoms with Gasteiger partial charge in [0.2, 0.25) is 5.82 Å². The maximum Gasteiger partial charge on any atom is 0.328 e. The smallest absolute Gasteiger partial charge is 0.328 e. The first-order valence-corrected chi connectivity index (χ1v) is 5.57. The first-order chi connectivity index (χ1) is 8.61. The third-order valence-corrected chi connectivity index (χ3v) is 3.00. The SMILES string of the molecule is N#Cc1ccnc(NCC2CC(O)C2)c1[N+](=O)[O-]. The van der Waals surface area contributed by atoms with E-state index in [0.29, 0.717) is 25.3 Å². The lowest BCUT2D eigenvalue weighted by atomic mass is 9.82. The molecular weight excluding hydrogens is 236 g/mol. The van der Waals surface area contributed by atoms with Crippen LogP contribution in [0.1, 0.15) is 18.4 Å². The molecule has 0 saturated heterocycles. The fraction of sp³-hybridized carbons (Fsp3) is 0.455. The zero-order valence-electron chi connectivity index (χ0n) is 9.54. The summed E-state index contributed by atoms with van der Waals surface area (Å²) >= 11 is 0. The number of aliphatic hydroxyl groups excluding tert-OH is 1. The second-order valence-corrected chi connectivity index (χ2v) is 4.30. The predicted octanol–water partition coefficient (Wildman–Crippen LogP) is 1.04. The van der Waals surface area contributed by atoms with Crippen LogP contribution in [0.3, 0.4) is 0 Å². The highest BCUT2D eigenvalue weighted by Crippen LogP contribution is 2.30. The molecule has 18 heavy (non-hydrogen) atoms. The van der Waals surface area contributed by atoms with Crippen molar-refractivity contribution in [3.8, 4) is 6.07 Å². The number of aliphatic hydroxyl groups is 1. The number of hydrogen-bond acceptors (Lipinski definition) is 6. The Morgan fingerprint density at radius 1 is 1.67 bits per heavy atom. The lowest BCUT2D eigenvalue weighted by Gasteiger charge is -2.31. The Bertz CT molecular complexity index is 506. The molecule has 0 radical (unpaired) electrons. The van der Waals surface area contributed by atoms with E-state index in [1.807, 2.05) is 0 Å². The molecule has 1 aliphatic rings. The Hall–Kier alpha value is -2.20. The number of rotatable bonds is 4. The van der Waals surface area contributed by atoms with Gasteiger partial charge in [0.1, 0.15) is 11.6 Å². The van der Waals surface area contributed by atoms with E-state index in [4.69, 9.17) is 10.4 Å². The van der Waals surface area contributed by atoms with Crippen molar-refractivity contribution in [1.29, 1.82) is 5.26 Å². The van der Waals surface area contributed by atoms with Crippen LogP contribution < -0.4 is 5.32 Å². The van der Waals surface area contributed by atoms with Gasteiger partial charge >= 0.3 is 5.69 Å². The molecule has 0 aliphatic heterocycles. The predicted molar refractivity (Wildman–Crippen MR) is 62.8 cm³/mol. The standard InChI is InChI=1S/C11H12N4O3/c12-5-8-1-2-13-11(10(8)15(17)18)14-6-7-3-9(16)4-7/h1-2,7,9,16H,3-4,6H2,(H,13,14). The molecule has 1 aromatic rings. The van der Waals surface area contributed by atoms with E-state index in [1.165, 1.54) is 12.3 Å². The maximum atomic E-state index is 10.9. The Labute approximate surface area is 103 Å². The third kappa shape index (κ3) is 2.38. The summed E-state index contributed by atoms with van der Waals surface area (Å²) in [6.07, 6.45) is 2.49. The van der Waals surface area contributed by atoms with E-state index in [0.717, 1.165) is 0 Å². The molecule has 2 N–H and O–H groups in total. The fourth-order valence-electron chi connectivity index (χ4n) is 1.97. The van der Waals surface area contributed by atoms with Crippen molar-refractivity contribution in [2.75, 3.05) is 11.9 Å². The highest BCUT2D eigenvalue weighted by atomic mass is 16.6. The molecule has 1 heterocycles. The second kappa shape index (κ2) is 4.98. The molecule has 7 heteroatoms. The van der Waals surface area contributed by atoms with Gasteiger partial charge in [0, 0.05) is 12.7 Å². The van der Waals surface area contributed by atoms with Gasteiger partial charge in [-0.3, -0.25) is 10.1 Å². The number of hydrogen-bond donors (Lipinski definition) is 2. The zero-order chi connectivity index (χ0) is 13.1. The van der Waals surface area contributed by atoms with Crippen LogP contribution >= 0.6 is 0 Å². The number of aromatic nitrogens is 1. The van der Waals surface area contributed by atoms with Gasteiger partial charge in [0.25, 0.3) is 0 Å². The summed E-state index contributed by atoms with van der Waals surface area (Å²) in [5.74, 6) is 0.410. The Kier molecular flexibility index (Phi) is 3.39. The topological polar surface area (TPSA) is 112 Å². The van der Waals surface area contributed by atoms with E-state index >= 15 is 0 Å². The average Bonchev–Trinajstić information content (AvgIpc) is 2.32. The molecule has 7 nitrogen and oxygen atoms in total. The summed E-state index contributed by atoms with van der Waals surface area (Å²) in [4.78, 5) is 14.2. The summed E-state index contributed by atoms with van der Waals surface area (Å²) in [7, 11) is 0. The van der Waals surface area contributed by atoms with Crippen LogP contribution in [0.25, 0.3) is 0 Å². The Morgan fingerprint density at radius 3 is 2.94 bits per heavy atom. The van der Waals surface area contributed by atoms with Crippen LogP contribution in [0, 0.1) is 27.4 Å². The average molecular weight is 248 g/mol. The van der Waals surface area contributed by atoms with Gasteiger partial charge in [0.05, 0.1) is 11.0 Å². The number of nitro groups is 1. The van der Waals surface area contributed by atoms with Gasteiger partial charge in [-0.05, 0) is 24.8 Å². The van der Waals surface area contributed by atoms with Crippen molar-refractivity contribution in [2.24, 2.45) is 5.92 Å². The largest absolute Gasteiger partial charge is 0.393 e. The molecule has 0 bridgehead atoms. The van der Waals surface area contributed by atoms with Crippen LogP contribution in [0.15, 0.2) is 12.3 Å². The normalized spacial score (nSPS) is 21.8. The van der Waals surface area contributed by atoms with E-state index in [9.17, 15) is 10.1 Å². The van der Waals surface area contributed by atoms with Gasteiger partial charge in [-0.15, -0.1) is 0 Å². The van der Waals surface area contributed by atoms with Gasteiger partial charge in [-0.1, -0.05) is 0 Å². The van der Waals surface area contributed by atoms with E-state index in [1.54, 1.807) is 6.07 Å². The minimum atomic E-state index is -0.608. The molecule has 1 fully saturated rings. The maximum absolute atomic E-state index is 10.9. The molecule has 2 rings (SSSR count). The number of nitrogens with zero attached hydrogens (tertiary/aromatic N) is 3. The summed E-state index contributed by atoms with van der Waals surface area (Å²) in [5.41, 5.74) is -0.300. The highest BCUT2D eigenvalue weighted by molar-refractivity contribution is 5.64. The molecule has 0 atom stereocenters. The third-order valence-electron chi connectivity index (χ3n) is 3.00. The Morgan fingerprint density at radius 2 is 2.39 bits per heavy atom. The first-order valence-electron chi connectivity index (χ1n) is 5.57. The molecule has 0 aromatic carbocycles. The van der Waals surface area contributed by atoms with Crippen molar-refractivity contribution in [3.63, 3.8) is 0 Å². The number of nitriles is 1. The van der Waals surface area contributed by atoms with Crippen LogP contribution in [0.5, 0.6) is 0 Å². The minimum Gasteiger partial charge on any atom is -0.393 e. The van der Waals surface area contributed by atoms with Crippen molar-refractivity contribution >= 4 is 11.5 Å². The second-order valence-electron chi connectivity index (χ2n) is 4.30. The van der Waals surface area contributed by atoms with Crippen LogP contribution in [-0.4, -0.2) is 27.7 Å². The molecular formula is C11H12N4O3. The highest BCUT2D eigenvalue weighted by Gasteiger charge is 2.28. The summed E-state index contributed by atoms with van der Waals surface area (Å²) in [6, 6.07) is 3.09. The van der Waals surface area contributed by atoms with Gasteiger partial charge in [-0.25, -0.2) is 4.98 Å². The number of nitrogens with one attached hydrogen (secondary N) is 1. The van der Waals surface area contributed by atoms with Crippen molar-refractivity contribution < 1.29 is 10.0 Å². The number of anilines is 1. The van der Waals surface area contributed by atoms with Gasteiger partial charge < -0.3 is 10.4 Å². The van der Waals surface area contributed by atoms with Crippen LogP contribution in [0.2, 0.25) is 0 Å². The molecule has 0 amide bonds. The first kappa shape index (κ1) is 12.3. The quantitative estimate of drug-likeness (QED) is 0.608. The van der Waals surface area contributed by atoms with Crippen molar-refractivity contribution in [2.45, 2.75) is 18.9 Å². The van der Waals surface area contributed by atoms with E-state index in [2.05, 4.69) is 10.3 Å². The van der Waals surface area contributed by atoms with E-state index < -0.39 is 4.92 Å². The molecule has 1 aromatic heterocycles. The molecule has 1 aliphatic carbocycles. The van der Waals surface area contributed by atoms with Crippen molar-refractivity contribution in [3.05, 3.63) is 27.9 Å². The summed E-state index contributed by atoms with van der Waals surface area (Å²) < 4.78 is 0. The number of pyridine rings is 1. The minimum absolute atomic E-state index is 0.00820. The molecule has 94 valence electrons. The summed E-state index contributed by atoms with van der Waals surface area (Å²) in [5, 5.41) is 31.8. The van der Waals surface area contributed by atoms with E-state index in [-0.39, 0.29) is 23.2 Å². The lowest BCUT2D eigenvalue weighted by Crippen LogP contribution is -2.33. The van der Waals surface area contributed by atoms with Crippen molar-refractivity contribution in [1.82, 2.24) is 4.98 Å². The molecule has 0 spiro atoms. The zero-order valence-corrected chi connectivity index (χ0v) is 9.54.